The summed E-state index contributed by atoms with van der Waals surface area (Å²) >= 11 is 0. The van der Waals surface area contributed by atoms with Crippen molar-refractivity contribution in [2.45, 2.75) is 203 Å². The van der Waals surface area contributed by atoms with Crippen molar-refractivity contribution in [2.24, 2.45) is 46.3 Å². The third-order valence-corrected chi connectivity index (χ3v) is 17.6. The Morgan fingerprint density at radius 1 is 0.794 bits per heavy atom. The Morgan fingerprint density at radius 2 is 1.54 bits per heavy atom. The van der Waals surface area contributed by atoms with Crippen LogP contribution in [0.25, 0.3) is 0 Å². The van der Waals surface area contributed by atoms with Gasteiger partial charge in [-0.3, -0.25) is 4.79 Å². The zero-order chi connectivity index (χ0) is 44.9. The molecule has 63 heavy (non-hydrogen) atoms. The first-order chi connectivity index (χ1) is 29.9. The molecule has 5 aliphatic heterocycles. The maximum absolute atomic E-state index is 11.7. The maximum atomic E-state index is 11.7. The third-order valence-electron chi connectivity index (χ3n) is 17.6. The van der Waals surface area contributed by atoms with Crippen LogP contribution in [0.4, 0.5) is 0 Å². The predicted octanol–water partition coefficient (Wildman–Crippen LogP) is 1.42. The smallest absolute Gasteiger partial charge is 0.303 e. The SMILES string of the molecule is CC(=O)OC1C(C)OC(OC2C(OC3C(O)C(CO)OC(OC4CCC5(C)C(=CCC6C5CCC5(C)C6CC6OC7(CCC(C)CO7)C(C)C65)C4)C3O)OCC(O)C2O)C(O)C1O. The van der Waals surface area contributed by atoms with Gasteiger partial charge in [0.25, 0.3) is 0 Å². The van der Waals surface area contributed by atoms with E-state index in [0.29, 0.717) is 48.3 Å². The third kappa shape index (κ3) is 7.97. The lowest BCUT2D eigenvalue weighted by atomic mass is 9.47. The summed E-state index contributed by atoms with van der Waals surface area (Å²) in [7, 11) is 0. The van der Waals surface area contributed by atoms with Crippen LogP contribution in [-0.4, -0.2) is 166 Å². The number of rotatable bonds is 8. The molecule has 3 saturated carbocycles. The average molecular weight is 897 g/mol. The fourth-order valence-electron chi connectivity index (χ4n) is 14.1. The van der Waals surface area contributed by atoms with Crippen molar-refractivity contribution in [3.8, 4) is 0 Å². The van der Waals surface area contributed by atoms with E-state index in [9.17, 15) is 40.5 Å². The molecular formula is C46H72O17. The van der Waals surface area contributed by atoms with Crippen LogP contribution in [-0.2, 0) is 47.4 Å². The number of carbonyl (C=O) groups excluding carboxylic acids is 1. The summed E-state index contributed by atoms with van der Waals surface area (Å²) in [6.07, 6.45) is -9.43. The van der Waals surface area contributed by atoms with Gasteiger partial charge in [-0.25, -0.2) is 0 Å². The molecule has 25 unspecified atom stereocenters. The lowest BCUT2D eigenvalue weighted by molar-refractivity contribution is -0.379. The molecule has 358 valence electrons. The number of ether oxygens (including phenoxy) is 9. The van der Waals surface area contributed by atoms with Crippen LogP contribution < -0.4 is 0 Å². The molecule has 9 rings (SSSR count). The van der Waals surface area contributed by atoms with Crippen LogP contribution in [0, 0.1) is 46.3 Å². The Hall–Kier alpha value is -1.39. The molecule has 7 N–H and O–H groups in total. The number of hydrogen-bond acceptors (Lipinski definition) is 17. The molecule has 0 bridgehead atoms. The molecule has 25 atom stereocenters. The molecule has 0 aromatic rings. The Balaban J connectivity index is 0.858. The highest BCUT2D eigenvalue weighted by atomic mass is 16.8. The highest BCUT2D eigenvalue weighted by Gasteiger charge is 2.69. The lowest BCUT2D eigenvalue weighted by Crippen LogP contribution is -2.65. The first kappa shape index (κ1) is 46.7. The molecule has 0 radical (unpaired) electrons. The van der Waals surface area contributed by atoms with Crippen molar-refractivity contribution in [1.29, 1.82) is 0 Å². The fraction of sp³-hybridized carbons (Fsp3) is 0.935. The van der Waals surface area contributed by atoms with Gasteiger partial charge < -0.3 is 78.4 Å². The molecular weight excluding hydrogens is 824 g/mol. The number of esters is 1. The van der Waals surface area contributed by atoms with Gasteiger partial charge in [0.15, 0.2) is 30.8 Å². The highest BCUT2D eigenvalue weighted by molar-refractivity contribution is 5.66. The Morgan fingerprint density at radius 3 is 2.25 bits per heavy atom. The van der Waals surface area contributed by atoms with Crippen molar-refractivity contribution in [2.75, 3.05) is 19.8 Å². The Bertz CT molecular complexity index is 1670. The normalized spacial score (nSPS) is 55.6. The van der Waals surface area contributed by atoms with Gasteiger partial charge in [-0.2, -0.15) is 0 Å². The van der Waals surface area contributed by atoms with E-state index in [-0.39, 0.29) is 23.0 Å². The first-order valence-electron chi connectivity index (χ1n) is 23.7. The van der Waals surface area contributed by atoms with Gasteiger partial charge >= 0.3 is 5.97 Å². The zero-order valence-electron chi connectivity index (χ0n) is 37.5. The van der Waals surface area contributed by atoms with Gasteiger partial charge in [0, 0.05) is 19.3 Å². The molecule has 8 fully saturated rings. The van der Waals surface area contributed by atoms with Gasteiger partial charge in [0.1, 0.15) is 54.9 Å². The van der Waals surface area contributed by atoms with Gasteiger partial charge in [-0.05, 0) is 98.7 Å². The highest BCUT2D eigenvalue weighted by Crippen LogP contribution is 2.70. The topological polar surface area (TPSA) is 242 Å². The van der Waals surface area contributed by atoms with E-state index in [0.717, 1.165) is 52.1 Å². The van der Waals surface area contributed by atoms with E-state index in [1.54, 1.807) is 0 Å². The van der Waals surface area contributed by atoms with Gasteiger partial charge in [-0.1, -0.05) is 39.3 Å². The minimum atomic E-state index is -1.76. The van der Waals surface area contributed by atoms with Crippen molar-refractivity contribution in [3.63, 3.8) is 0 Å². The number of fused-ring (bicyclic) bond motifs is 7. The summed E-state index contributed by atoms with van der Waals surface area (Å²) in [5.41, 5.74) is 1.57. The standard InChI is InChI=1S/C46H72O17/c1-20-9-14-46(56-18-20)21(2)32-30(63-46)16-28-26-8-7-24-15-25(10-12-44(24,5)27(26)11-13-45(28,32)6)59-42-37(54)39(34(51)31(17-47)60-42)61-43-40(33(50)29(49)19-55-43)62-41-36(53)35(52)38(22(3)57-41)58-23(4)48/h7,20-22,25-43,47,49-54H,8-19H2,1-6H3. The Labute approximate surface area is 369 Å². The monoisotopic (exact) mass is 896 g/mol. The predicted molar refractivity (Wildman–Crippen MR) is 218 cm³/mol. The van der Waals surface area contributed by atoms with Crippen molar-refractivity contribution < 1.29 is 83.2 Å². The number of aliphatic hydroxyl groups excluding tert-OH is 7. The van der Waals surface area contributed by atoms with E-state index >= 15 is 0 Å². The van der Waals surface area contributed by atoms with E-state index < -0.39 is 111 Å². The van der Waals surface area contributed by atoms with E-state index in [1.807, 2.05) is 0 Å². The van der Waals surface area contributed by atoms with E-state index in [1.165, 1.54) is 18.9 Å². The second-order valence-corrected chi connectivity index (χ2v) is 21.2. The van der Waals surface area contributed by atoms with Crippen LogP contribution >= 0.6 is 0 Å². The summed E-state index contributed by atoms with van der Waals surface area (Å²) in [4.78, 5) is 11.6. The van der Waals surface area contributed by atoms with Crippen LogP contribution in [0.3, 0.4) is 0 Å². The zero-order valence-corrected chi connectivity index (χ0v) is 37.5. The molecule has 9 aliphatic rings. The van der Waals surface area contributed by atoms with E-state index in [2.05, 4.69) is 33.8 Å². The second-order valence-electron chi connectivity index (χ2n) is 21.2. The molecule has 17 nitrogen and oxygen atoms in total. The fourth-order valence-corrected chi connectivity index (χ4v) is 14.1. The molecule has 1 spiro atoms. The van der Waals surface area contributed by atoms with Crippen LogP contribution in [0.15, 0.2) is 11.6 Å². The first-order valence-corrected chi connectivity index (χ1v) is 23.7. The molecule has 0 aromatic carbocycles. The molecule has 4 aliphatic carbocycles. The molecule has 5 saturated heterocycles. The van der Waals surface area contributed by atoms with Gasteiger partial charge in [0.05, 0.1) is 38.1 Å². The van der Waals surface area contributed by atoms with Crippen molar-refractivity contribution in [3.05, 3.63) is 11.6 Å². The summed E-state index contributed by atoms with van der Waals surface area (Å²) in [5, 5.41) is 76.6. The molecule has 0 aromatic heterocycles. The van der Waals surface area contributed by atoms with Crippen molar-refractivity contribution >= 4 is 5.97 Å². The lowest BCUT2D eigenvalue weighted by Gasteiger charge is -2.58. The van der Waals surface area contributed by atoms with Crippen molar-refractivity contribution in [1.82, 2.24) is 0 Å². The number of carbonyl (C=O) groups is 1. The Kier molecular flexibility index (Phi) is 13.1. The number of allylic oxidation sites excluding steroid dienone is 1. The summed E-state index contributed by atoms with van der Waals surface area (Å²) in [5.74, 6) is 2.00. The second kappa shape index (κ2) is 17.6. The van der Waals surface area contributed by atoms with Crippen LogP contribution in [0.1, 0.15) is 99.3 Å². The van der Waals surface area contributed by atoms with Crippen LogP contribution in [0.2, 0.25) is 0 Å². The maximum Gasteiger partial charge on any atom is 0.303 e. The number of aliphatic hydroxyl groups is 7. The molecule has 5 heterocycles. The minimum Gasteiger partial charge on any atom is -0.457 e. The minimum absolute atomic E-state index is 0.00317. The van der Waals surface area contributed by atoms with Crippen LogP contribution in [0.5, 0.6) is 0 Å². The quantitative estimate of drug-likeness (QED) is 0.135. The molecule has 17 heteroatoms. The summed E-state index contributed by atoms with van der Waals surface area (Å²) < 4.78 is 54.6. The van der Waals surface area contributed by atoms with Gasteiger partial charge in [-0.15, -0.1) is 0 Å². The summed E-state index contributed by atoms with van der Waals surface area (Å²) in [6.45, 7) is 12.0. The number of hydrogen-bond donors (Lipinski definition) is 7. The van der Waals surface area contributed by atoms with Gasteiger partial charge in [0.2, 0.25) is 0 Å². The summed E-state index contributed by atoms with van der Waals surface area (Å²) in [6, 6.07) is 0. The van der Waals surface area contributed by atoms with E-state index in [4.69, 9.17) is 42.6 Å². The average Bonchev–Trinajstić information content (AvgIpc) is 3.70. The largest absolute Gasteiger partial charge is 0.457 e. The molecule has 0 amide bonds.